The lowest BCUT2D eigenvalue weighted by Gasteiger charge is -1.88. The number of hydrogen-bond donors (Lipinski definition) is 3. The number of hydrogen-bond acceptors (Lipinski definition) is 5. The minimum atomic E-state index is 0.409. The van der Waals surface area contributed by atoms with Gasteiger partial charge in [0.25, 0.3) is 0 Å². The van der Waals surface area contributed by atoms with Gasteiger partial charge >= 0.3 is 0 Å². The van der Waals surface area contributed by atoms with Crippen molar-refractivity contribution in [2.45, 2.75) is 6.92 Å². The van der Waals surface area contributed by atoms with Gasteiger partial charge < -0.3 is 15.8 Å². The quantitative estimate of drug-likeness (QED) is 0.542. The van der Waals surface area contributed by atoms with Crippen molar-refractivity contribution in [2.24, 2.45) is 0 Å². The Bertz CT molecular complexity index is 418. The smallest absolute Gasteiger partial charge is 0.162 e. The van der Waals surface area contributed by atoms with E-state index in [-0.39, 0.29) is 0 Å². The molecule has 0 spiro atoms. The van der Waals surface area contributed by atoms with Gasteiger partial charge in [-0.25, -0.2) is 15.0 Å². The van der Waals surface area contributed by atoms with Gasteiger partial charge in [-0.3, -0.25) is 0 Å². The van der Waals surface area contributed by atoms with Crippen molar-refractivity contribution in [2.75, 3.05) is 5.73 Å². The molecule has 6 heteroatoms. The molecule has 0 saturated heterocycles. The van der Waals surface area contributed by atoms with Crippen molar-refractivity contribution >= 4 is 17.0 Å². The summed E-state index contributed by atoms with van der Waals surface area (Å²) in [6.07, 6.45) is 5.49. The molecule has 0 aliphatic heterocycles. The van der Waals surface area contributed by atoms with E-state index in [1.807, 2.05) is 0 Å². The van der Waals surface area contributed by atoms with E-state index >= 15 is 0 Å². The van der Waals surface area contributed by atoms with Crippen LogP contribution in [-0.4, -0.2) is 25.0 Å². The van der Waals surface area contributed by atoms with Gasteiger partial charge in [0.1, 0.15) is 11.8 Å². The average molecular weight is 193 g/mol. The first-order valence-electron chi connectivity index (χ1n) is 3.94. The van der Waals surface area contributed by atoms with E-state index in [0.29, 0.717) is 17.0 Å². The molecule has 0 aliphatic carbocycles. The van der Waals surface area contributed by atoms with Crippen LogP contribution in [-0.2, 0) is 0 Å². The van der Waals surface area contributed by atoms with Gasteiger partial charge in [0.15, 0.2) is 11.5 Å². The average Bonchev–Trinajstić information content (AvgIpc) is 2.68. The third kappa shape index (κ3) is 2.19. The molecule has 2 rings (SSSR count). The fourth-order valence-corrected chi connectivity index (χ4v) is 0.783. The summed E-state index contributed by atoms with van der Waals surface area (Å²) in [6.45, 7) is 1.75. The molecule has 6 nitrogen and oxygen atoms in total. The molecule has 2 aromatic rings. The summed E-state index contributed by atoms with van der Waals surface area (Å²) in [7, 11) is 0. The van der Waals surface area contributed by atoms with E-state index in [4.69, 9.17) is 10.8 Å². The summed E-state index contributed by atoms with van der Waals surface area (Å²) in [4.78, 5) is 14.4. The molecule has 2 aromatic heterocycles. The predicted octanol–water partition coefficient (Wildman–Crippen LogP) is 1.01. The van der Waals surface area contributed by atoms with Crippen molar-refractivity contribution in [3.05, 3.63) is 25.0 Å². The van der Waals surface area contributed by atoms with Crippen molar-refractivity contribution in [3.63, 3.8) is 0 Å². The van der Waals surface area contributed by atoms with Crippen LogP contribution < -0.4 is 5.73 Å². The highest BCUT2D eigenvalue weighted by atomic mass is 16.2. The number of aromatic nitrogens is 4. The predicted molar refractivity (Wildman–Crippen MR) is 53.5 cm³/mol. The fraction of sp³-hybridized carbons (Fsp3) is 0.125. The lowest BCUT2D eigenvalue weighted by molar-refractivity contribution is 0.472. The Labute approximate surface area is 80.5 Å². The number of aliphatic hydroxyl groups is 1. The maximum atomic E-state index is 7.69. The number of imidazole rings is 1. The molecule has 0 fully saturated rings. The number of allylic oxidation sites excluding steroid dienone is 1. The zero-order valence-corrected chi connectivity index (χ0v) is 7.68. The number of anilines is 1. The number of nitrogens with two attached hydrogens (primary N) is 1. The third-order valence-corrected chi connectivity index (χ3v) is 1.39. The van der Waals surface area contributed by atoms with Gasteiger partial charge in [0.05, 0.1) is 12.6 Å². The summed E-state index contributed by atoms with van der Waals surface area (Å²) >= 11 is 0. The highest BCUT2D eigenvalue weighted by molar-refractivity contribution is 5.80. The molecule has 0 atom stereocenters. The van der Waals surface area contributed by atoms with Crippen LogP contribution in [0.4, 0.5) is 5.82 Å². The molecule has 2 heterocycles. The van der Waals surface area contributed by atoms with Gasteiger partial charge in [-0.05, 0) is 6.92 Å². The first-order chi connectivity index (χ1) is 6.79. The largest absolute Gasteiger partial charge is 0.516 e. The van der Waals surface area contributed by atoms with Crippen LogP contribution in [0.2, 0.25) is 0 Å². The van der Waals surface area contributed by atoms with E-state index in [1.54, 1.807) is 13.0 Å². The Balaban J connectivity index is 0.000000213. The number of aromatic amines is 1. The van der Waals surface area contributed by atoms with E-state index in [9.17, 15) is 0 Å². The highest BCUT2D eigenvalue weighted by Crippen LogP contribution is 2.09. The van der Waals surface area contributed by atoms with Crippen LogP contribution in [0.3, 0.4) is 0 Å². The topological polar surface area (TPSA) is 101 Å². The number of nitrogen functional groups attached to an aromatic ring is 1. The zero-order valence-electron chi connectivity index (χ0n) is 7.68. The molecule has 4 N–H and O–H groups in total. The van der Waals surface area contributed by atoms with E-state index < -0.39 is 0 Å². The van der Waals surface area contributed by atoms with Crippen LogP contribution >= 0.6 is 0 Å². The Morgan fingerprint density at radius 2 is 2.14 bits per heavy atom. The molecular weight excluding hydrogens is 182 g/mol. The molecule has 0 aromatic carbocycles. The Morgan fingerprint density at radius 1 is 1.43 bits per heavy atom. The lowest BCUT2D eigenvalue weighted by Crippen LogP contribution is -1.91. The maximum absolute atomic E-state index is 7.69. The van der Waals surface area contributed by atoms with Crippen LogP contribution in [0.25, 0.3) is 11.2 Å². The highest BCUT2D eigenvalue weighted by Gasteiger charge is 1.99. The molecule has 0 aliphatic rings. The van der Waals surface area contributed by atoms with Gasteiger partial charge in [-0.2, -0.15) is 0 Å². The first-order valence-corrected chi connectivity index (χ1v) is 3.94. The van der Waals surface area contributed by atoms with Crippen LogP contribution in [0.1, 0.15) is 6.92 Å². The van der Waals surface area contributed by atoms with Crippen molar-refractivity contribution in [1.29, 1.82) is 0 Å². The van der Waals surface area contributed by atoms with Gasteiger partial charge in [0.2, 0.25) is 0 Å². The second-order valence-electron chi connectivity index (χ2n) is 2.34. The number of H-pyrrole nitrogens is 1. The van der Waals surface area contributed by atoms with Gasteiger partial charge in [0, 0.05) is 0 Å². The summed E-state index contributed by atoms with van der Waals surface area (Å²) in [5.41, 5.74) is 6.77. The molecule has 0 amide bonds. The monoisotopic (exact) mass is 193 g/mol. The third-order valence-electron chi connectivity index (χ3n) is 1.39. The summed E-state index contributed by atoms with van der Waals surface area (Å²) < 4.78 is 0. The Hall–Kier alpha value is -2.11. The van der Waals surface area contributed by atoms with Crippen LogP contribution in [0.5, 0.6) is 0 Å². The SMILES string of the molecule is C/C=C/O.Nc1ncnc2[nH]cnc12. The fourth-order valence-electron chi connectivity index (χ4n) is 0.783. The molecule has 0 bridgehead atoms. The second kappa shape index (κ2) is 4.80. The van der Waals surface area contributed by atoms with Crippen molar-refractivity contribution < 1.29 is 5.11 Å². The number of nitrogens with zero attached hydrogens (tertiary/aromatic N) is 3. The molecular formula is C8H11N5O. The number of aliphatic hydroxyl groups excluding tert-OH is 1. The molecule has 0 unspecified atom stereocenters. The number of fused-ring (bicyclic) bond motifs is 1. The first kappa shape index (κ1) is 9.97. The molecule has 0 radical (unpaired) electrons. The lowest BCUT2D eigenvalue weighted by atomic mass is 10.5. The summed E-state index contributed by atoms with van der Waals surface area (Å²) in [6, 6.07) is 0. The minimum Gasteiger partial charge on any atom is -0.516 e. The van der Waals surface area contributed by atoms with Gasteiger partial charge in [-0.1, -0.05) is 6.08 Å². The van der Waals surface area contributed by atoms with E-state index in [2.05, 4.69) is 19.9 Å². The second-order valence-corrected chi connectivity index (χ2v) is 2.34. The summed E-state index contributed by atoms with van der Waals surface area (Å²) in [5, 5.41) is 7.69. The number of nitrogens with one attached hydrogen (secondary N) is 1. The maximum Gasteiger partial charge on any atom is 0.162 e. The Morgan fingerprint density at radius 3 is 2.71 bits per heavy atom. The molecule has 0 saturated carbocycles. The molecule has 74 valence electrons. The summed E-state index contributed by atoms with van der Waals surface area (Å²) in [5.74, 6) is 0.409. The number of rotatable bonds is 0. The van der Waals surface area contributed by atoms with Crippen LogP contribution in [0.15, 0.2) is 25.0 Å². The van der Waals surface area contributed by atoms with Crippen LogP contribution in [0, 0.1) is 0 Å². The van der Waals surface area contributed by atoms with Crippen molar-refractivity contribution in [1.82, 2.24) is 19.9 Å². The normalized spacial score (nSPS) is 10.1. The molecule has 14 heavy (non-hydrogen) atoms. The van der Waals surface area contributed by atoms with Gasteiger partial charge in [-0.15, -0.1) is 0 Å². The van der Waals surface area contributed by atoms with E-state index in [0.717, 1.165) is 6.26 Å². The standard InChI is InChI=1S/C5H5N5.C3H6O/c6-4-3-5(9-1-7-3)10-2-8-4;1-2-3-4/h1-2H,(H3,6,7,8,9,10);2-4H,1H3/b;3-2+. The van der Waals surface area contributed by atoms with E-state index in [1.165, 1.54) is 12.7 Å². The minimum absolute atomic E-state index is 0.409. The van der Waals surface area contributed by atoms with Crippen molar-refractivity contribution in [3.8, 4) is 0 Å². The zero-order chi connectivity index (χ0) is 10.4. The Kier molecular flexibility index (Phi) is 3.42.